The topological polar surface area (TPSA) is 61.2 Å². The van der Waals surface area contributed by atoms with Gasteiger partial charge >= 0.3 is 5.97 Å². The van der Waals surface area contributed by atoms with Gasteiger partial charge < -0.3 is 4.74 Å². The fraction of sp³-hybridized carbons (Fsp3) is 0.167. The van der Waals surface area contributed by atoms with E-state index in [0.29, 0.717) is 17.4 Å². The lowest BCUT2D eigenvalue weighted by atomic mass is 10.1. The van der Waals surface area contributed by atoms with Crippen molar-refractivity contribution >= 4 is 16.9 Å². The van der Waals surface area contributed by atoms with E-state index in [1.807, 2.05) is 0 Å². The molecule has 1 heterocycles. The Bertz CT molecular complexity index is 949. The van der Waals surface area contributed by atoms with Crippen LogP contribution in [0.4, 0.5) is 4.39 Å². The first-order chi connectivity index (χ1) is 11.6. The van der Waals surface area contributed by atoms with E-state index in [-0.39, 0.29) is 18.1 Å². The van der Waals surface area contributed by atoms with Crippen molar-refractivity contribution in [2.75, 3.05) is 6.61 Å². The van der Waals surface area contributed by atoms with Crippen LogP contribution in [0.25, 0.3) is 10.9 Å². The van der Waals surface area contributed by atoms with Crippen LogP contribution in [0, 0.1) is 5.82 Å². The molecule has 6 heteroatoms. The van der Waals surface area contributed by atoms with Gasteiger partial charge in [0.15, 0.2) is 0 Å². The summed E-state index contributed by atoms with van der Waals surface area (Å²) in [6, 6.07) is 12.9. The second-order valence-electron chi connectivity index (χ2n) is 5.20. The maximum atomic E-state index is 13.1. The Morgan fingerprint density at radius 2 is 1.88 bits per heavy atom. The van der Waals surface area contributed by atoms with Crippen molar-refractivity contribution in [1.82, 2.24) is 9.78 Å². The number of para-hydroxylation sites is 1. The lowest BCUT2D eigenvalue weighted by Gasteiger charge is -2.12. The summed E-state index contributed by atoms with van der Waals surface area (Å²) in [5.74, 6) is -1.08. The second-order valence-corrected chi connectivity index (χ2v) is 5.20. The van der Waals surface area contributed by atoms with E-state index >= 15 is 0 Å². The maximum Gasteiger partial charge on any atom is 0.362 e. The third kappa shape index (κ3) is 3.03. The van der Waals surface area contributed by atoms with Crippen LogP contribution in [0.5, 0.6) is 0 Å². The van der Waals surface area contributed by atoms with Crippen LogP contribution in [0.2, 0.25) is 0 Å². The number of hydrogen-bond acceptors (Lipinski definition) is 4. The maximum absolute atomic E-state index is 13.1. The quantitative estimate of drug-likeness (QED) is 0.692. The number of rotatable bonds is 4. The predicted molar refractivity (Wildman–Crippen MR) is 87.5 cm³/mol. The molecule has 0 spiro atoms. The third-order valence-electron chi connectivity index (χ3n) is 3.58. The fourth-order valence-electron chi connectivity index (χ4n) is 2.45. The van der Waals surface area contributed by atoms with Gasteiger partial charge in [-0.15, -0.1) is 0 Å². The van der Waals surface area contributed by atoms with Crippen molar-refractivity contribution in [1.29, 1.82) is 0 Å². The monoisotopic (exact) mass is 326 g/mol. The minimum absolute atomic E-state index is 0.157. The van der Waals surface area contributed by atoms with Crippen LogP contribution in [0.15, 0.2) is 53.3 Å². The molecule has 0 atom stereocenters. The van der Waals surface area contributed by atoms with Gasteiger partial charge in [0.1, 0.15) is 5.82 Å². The van der Waals surface area contributed by atoms with Crippen LogP contribution < -0.4 is 5.43 Å². The molecule has 0 aliphatic rings. The predicted octanol–water partition coefficient (Wildman–Crippen LogP) is 2.76. The SMILES string of the molecule is CCOC(=O)c1nn(Cc2ccc(F)cc2)c2ccccc2c1=O. The Morgan fingerprint density at radius 1 is 1.17 bits per heavy atom. The molecule has 5 nitrogen and oxygen atoms in total. The number of halogens is 1. The highest BCUT2D eigenvalue weighted by Gasteiger charge is 2.18. The zero-order valence-corrected chi connectivity index (χ0v) is 13.0. The van der Waals surface area contributed by atoms with Crippen LogP contribution in [0.3, 0.4) is 0 Å². The lowest BCUT2D eigenvalue weighted by Crippen LogP contribution is -2.24. The van der Waals surface area contributed by atoms with Gasteiger partial charge in [0, 0.05) is 5.39 Å². The van der Waals surface area contributed by atoms with Crippen LogP contribution in [-0.2, 0) is 11.3 Å². The van der Waals surface area contributed by atoms with Gasteiger partial charge in [-0.1, -0.05) is 24.3 Å². The number of aromatic nitrogens is 2. The first kappa shape index (κ1) is 15.9. The molecule has 0 saturated carbocycles. The Labute approximate surface area is 137 Å². The van der Waals surface area contributed by atoms with Gasteiger partial charge in [0.25, 0.3) is 0 Å². The highest BCUT2D eigenvalue weighted by molar-refractivity contribution is 5.91. The van der Waals surface area contributed by atoms with Crippen molar-refractivity contribution in [2.24, 2.45) is 0 Å². The van der Waals surface area contributed by atoms with E-state index in [2.05, 4.69) is 5.10 Å². The molecule has 2 aromatic carbocycles. The van der Waals surface area contributed by atoms with Gasteiger partial charge in [0.05, 0.1) is 18.7 Å². The number of carbonyl (C=O) groups excluding carboxylic acids is 1. The largest absolute Gasteiger partial charge is 0.461 e. The lowest BCUT2D eigenvalue weighted by molar-refractivity contribution is 0.0515. The normalized spacial score (nSPS) is 10.8. The molecule has 3 rings (SSSR count). The van der Waals surface area contributed by atoms with Gasteiger partial charge in [0.2, 0.25) is 11.1 Å². The molecule has 0 saturated heterocycles. The number of fused-ring (bicyclic) bond motifs is 1. The molecular formula is C18H15FN2O3. The first-order valence-electron chi connectivity index (χ1n) is 7.51. The van der Waals surface area contributed by atoms with E-state index in [0.717, 1.165) is 5.56 Å². The molecule has 3 aromatic rings. The Morgan fingerprint density at radius 3 is 2.58 bits per heavy atom. The van der Waals surface area contributed by atoms with Crippen molar-refractivity contribution in [3.8, 4) is 0 Å². The van der Waals surface area contributed by atoms with Crippen molar-refractivity contribution < 1.29 is 13.9 Å². The summed E-state index contributed by atoms with van der Waals surface area (Å²) in [5.41, 5.74) is 0.685. The van der Waals surface area contributed by atoms with Crippen LogP contribution in [-0.4, -0.2) is 22.4 Å². The number of esters is 1. The van der Waals surface area contributed by atoms with Gasteiger partial charge in [-0.3, -0.25) is 9.48 Å². The van der Waals surface area contributed by atoms with Crippen LogP contribution >= 0.6 is 0 Å². The van der Waals surface area contributed by atoms with Gasteiger partial charge in [-0.05, 0) is 36.8 Å². The summed E-state index contributed by atoms with van der Waals surface area (Å²) < 4.78 is 19.5. The number of benzene rings is 2. The summed E-state index contributed by atoms with van der Waals surface area (Å²) in [7, 11) is 0. The summed E-state index contributed by atoms with van der Waals surface area (Å²) in [6.45, 7) is 2.12. The minimum Gasteiger partial charge on any atom is -0.461 e. The average molecular weight is 326 g/mol. The van der Waals surface area contributed by atoms with E-state index in [9.17, 15) is 14.0 Å². The zero-order chi connectivity index (χ0) is 17.1. The zero-order valence-electron chi connectivity index (χ0n) is 13.0. The standard InChI is InChI=1S/C18H15FN2O3/c1-2-24-18(23)16-17(22)14-5-3-4-6-15(14)21(20-16)11-12-7-9-13(19)10-8-12/h3-10H,2,11H2,1H3. The molecule has 0 N–H and O–H groups in total. The fourth-order valence-corrected chi connectivity index (χ4v) is 2.45. The highest BCUT2D eigenvalue weighted by atomic mass is 19.1. The molecule has 24 heavy (non-hydrogen) atoms. The summed E-state index contributed by atoms with van der Waals surface area (Å²) >= 11 is 0. The van der Waals surface area contributed by atoms with E-state index in [1.54, 1.807) is 48.0 Å². The molecule has 0 aliphatic heterocycles. The van der Waals surface area contributed by atoms with E-state index < -0.39 is 11.4 Å². The molecule has 1 aromatic heterocycles. The molecule has 0 fully saturated rings. The van der Waals surface area contributed by atoms with E-state index in [1.165, 1.54) is 12.1 Å². The molecule has 122 valence electrons. The molecule has 0 amide bonds. The first-order valence-corrected chi connectivity index (χ1v) is 7.51. The number of hydrogen-bond donors (Lipinski definition) is 0. The minimum atomic E-state index is -0.749. The van der Waals surface area contributed by atoms with Crippen molar-refractivity contribution in [3.05, 3.63) is 75.8 Å². The Kier molecular flexibility index (Phi) is 4.37. The molecule has 0 aliphatic carbocycles. The Balaban J connectivity index is 2.15. The van der Waals surface area contributed by atoms with E-state index in [4.69, 9.17) is 4.74 Å². The summed E-state index contributed by atoms with van der Waals surface area (Å²) in [4.78, 5) is 24.5. The summed E-state index contributed by atoms with van der Waals surface area (Å²) in [6.07, 6.45) is 0. The average Bonchev–Trinajstić information content (AvgIpc) is 2.59. The van der Waals surface area contributed by atoms with Gasteiger partial charge in [-0.25, -0.2) is 9.18 Å². The number of ether oxygens (including phenoxy) is 1. The van der Waals surface area contributed by atoms with Crippen LogP contribution in [0.1, 0.15) is 23.0 Å². The van der Waals surface area contributed by atoms with Crippen molar-refractivity contribution in [2.45, 2.75) is 13.5 Å². The number of nitrogens with zero attached hydrogens (tertiary/aromatic N) is 2. The smallest absolute Gasteiger partial charge is 0.362 e. The summed E-state index contributed by atoms with van der Waals surface area (Å²) in [5, 5.41) is 4.56. The van der Waals surface area contributed by atoms with Gasteiger partial charge in [-0.2, -0.15) is 5.10 Å². The van der Waals surface area contributed by atoms with Crippen molar-refractivity contribution in [3.63, 3.8) is 0 Å². The molecule has 0 unspecified atom stereocenters. The number of carbonyl (C=O) groups is 1. The third-order valence-corrected chi connectivity index (χ3v) is 3.58. The molecular weight excluding hydrogens is 311 g/mol. The Hall–Kier alpha value is -3.02. The molecule has 0 radical (unpaired) electrons. The molecule has 0 bridgehead atoms. The second kappa shape index (κ2) is 6.62. The highest BCUT2D eigenvalue weighted by Crippen LogP contribution is 2.13.